The first kappa shape index (κ1) is 11.6. The van der Waals surface area contributed by atoms with Crippen LogP contribution < -0.4 is 5.32 Å². The van der Waals surface area contributed by atoms with Gasteiger partial charge in [-0.15, -0.1) is 0 Å². The van der Waals surface area contributed by atoms with Gasteiger partial charge in [-0.1, -0.05) is 0 Å². The zero-order chi connectivity index (χ0) is 11.4. The van der Waals surface area contributed by atoms with Crippen molar-refractivity contribution in [3.63, 3.8) is 0 Å². The minimum absolute atomic E-state index is 0.481. The maximum atomic E-state index is 5.35. The van der Waals surface area contributed by atoms with Crippen molar-refractivity contribution in [3.8, 4) is 0 Å². The van der Waals surface area contributed by atoms with Crippen LogP contribution in [0.1, 0.15) is 32.0 Å². The predicted octanol–water partition coefficient (Wildman–Crippen LogP) is 1.59. The van der Waals surface area contributed by atoms with Gasteiger partial charge in [0.15, 0.2) is 0 Å². The monoisotopic (exact) mass is 223 g/mol. The average Bonchev–Trinajstić information content (AvgIpc) is 2.87. The van der Waals surface area contributed by atoms with Gasteiger partial charge >= 0.3 is 0 Å². The van der Waals surface area contributed by atoms with E-state index in [9.17, 15) is 0 Å². The third-order valence-electron chi connectivity index (χ3n) is 3.07. The zero-order valence-corrected chi connectivity index (χ0v) is 10.1. The lowest BCUT2D eigenvalue weighted by atomic mass is 10.1. The fourth-order valence-electron chi connectivity index (χ4n) is 2.08. The third-order valence-corrected chi connectivity index (χ3v) is 3.07. The van der Waals surface area contributed by atoms with Crippen molar-refractivity contribution in [1.82, 2.24) is 14.9 Å². The van der Waals surface area contributed by atoms with E-state index in [1.165, 1.54) is 12.1 Å². The number of nitrogens with zero attached hydrogens (tertiary/aromatic N) is 2. The van der Waals surface area contributed by atoms with Crippen LogP contribution in [0.4, 0.5) is 0 Å². The van der Waals surface area contributed by atoms with Gasteiger partial charge in [-0.25, -0.2) is 4.98 Å². The normalized spacial score (nSPS) is 20.8. The Labute approximate surface area is 97.0 Å². The molecule has 2 heterocycles. The van der Waals surface area contributed by atoms with Crippen molar-refractivity contribution < 1.29 is 4.74 Å². The Hall–Kier alpha value is -0.870. The summed E-state index contributed by atoms with van der Waals surface area (Å²) in [6, 6.07) is 0.481. The topological polar surface area (TPSA) is 39.1 Å². The number of ether oxygens (including phenoxy) is 1. The van der Waals surface area contributed by atoms with E-state index in [1.54, 1.807) is 0 Å². The number of aromatic nitrogens is 2. The number of hydrogen-bond donors (Lipinski definition) is 1. The van der Waals surface area contributed by atoms with Gasteiger partial charge in [0.1, 0.15) is 0 Å². The zero-order valence-electron chi connectivity index (χ0n) is 10.1. The fraction of sp³-hybridized carbons (Fsp3) is 0.750. The maximum Gasteiger partial charge on any atom is 0.0951 e. The molecule has 0 bridgehead atoms. The van der Waals surface area contributed by atoms with E-state index in [-0.39, 0.29) is 0 Å². The molecule has 1 aliphatic heterocycles. The molecule has 4 heteroatoms. The van der Waals surface area contributed by atoms with Crippen LogP contribution in [0.2, 0.25) is 0 Å². The van der Waals surface area contributed by atoms with Gasteiger partial charge in [0.25, 0.3) is 0 Å². The van der Waals surface area contributed by atoms with Gasteiger partial charge in [0.2, 0.25) is 0 Å². The third kappa shape index (κ3) is 2.83. The summed E-state index contributed by atoms with van der Waals surface area (Å²) >= 11 is 0. The van der Waals surface area contributed by atoms with Crippen molar-refractivity contribution in [2.24, 2.45) is 5.92 Å². The molecule has 1 atom stereocenters. The van der Waals surface area contributed by atoms with Crippen molar-refractivity contribution in [1.29, 1.82) is 0 Å². The summed E-state index contributed by atoms with van der Waals surface area (Å²) in [7, 11) is 0. The van der Waals surface area contributed by atoms with Crippen LogP contribution in [-0.2, 0) is 11.3 Å². The molecule has 1 N–H and O–H groups in total. The molecule has 1 fully saturated rings. The average molecular weight is 223 g/mol. The maximum absolute atomic E-state index is 5.35. The molecule has 2 rings (SSSR count). The summed E-state index contributed by atoms with van der Waals surface area (Å²) in [6.45, 7) is 8.14. The molecule has 0 aromatic carbocycles. The molecule has 90 valence electrons. The first-order chi connectivity index (χ1) is 7.77. The Bertz CT molecular complexity index is 316. The highest BCUT2D eigenvalue weighted by molar-refractivity contribution is 4.99. The summed E-state index contributed by atoms with van der Waals surface area (Å²) in [4.78, 5) is 4.19. The molecule has 1 aromatic rings. The lowest BCUT2D eigenvalue weighted by Crippen LogP contribution is -2.24. The van der Waals surface area contributed by atoms with E-state index in [0.29, 0.717) is 12.0 Å². The van der Waals surface area contributed by atoms with Crippen LogP contribution in [-0.4, -0.2) is 29.3 Å². The predicted molar refractivity (Wildman–Crippen MR) is 63.2 cm³/mol. The van der Waals surface area contributed by atoms with Crippen molar-refractivity contribution >= 4 is 0 Å². The molecule has 0 spiro atoms. The van der Waals surface area contributed by atoms with Gasteiger partial charge in [-0.3, -0.25) is 0 Å². The Kier molecular flexibility index (Phi) is 3.96. The fourth-order valence-corrected chi connectivity index (χ4v) is 2.08. The van der Waals surface area contributed by atoms with Crippen molar-refractivity contribution in [3.05, 3.63) is 18.2 Å². The molecule has 16 heavy (non-hydrogen) atoms. The van der Waals surface area contributed by atoms with E-state index < -0.39 is 0 Å². The summed E-state index contributed by atoms with van der Waals surface area (Å²) in [5.74, 6) is 0.690. The molecular weight excluding hydrogens is 202 g/mol. The first-order valence-electron chi connectivity index (χ1n) is 6.06. The molecule has 0 amide bonds. The van der Waals surface area contributed by atoms with Gasteiger partial charge in [0.05, 0.1) is 18.6 Å². The molecule has 0 radical (unpaired) electrons. The van der Waals surface area contributed by atoms with Crippen LogP contribution in [0.25, 0.3) is 0 Å². The van der Waals surface area contributed by atoms with Crippen LogP contribution in [0.3, 0.4) is 0 Å². The van der Waals surface area contributed by atoms with Gasteiger partial charge in [-0.05, 0) is 26.2 Å². The second-order valence-corrected chi connectivity index (χ2v) is 4.75. The molecule has 1 aliphatic rings. The summed E-state index contributed by atoms with van der Waals surface area (Å²) in [5.41, 5.74) is 1.26. The number of hydrogen-bond acceptors (Lipinski definition) is 3. The first-order valence-corrected chi connectivity index (χ1v) is 6.06. The standard InChI is InChI=1S/C12H21N3O/c1-10(2)15-9-14-7-12(15)6-13-5-11-3-4-16-8-11/h7,9-11,13H,3-6,8H2,1-2H3. The minimum Gasteiger partial charge on any atom is -0.381 e. The van der Waals surface area contributed by atoms with Crippen molar-refractivity contribution in [2.75, 3.05) is 19.8 Å². The second kappa shape index (κ2) is 5.46. The summed E-state index contributed by atoms with van der Waals surface area (Å²) < 4.78 is 7.56. The molecule has 4 nitrogen and oxygen atoms in total. The summed E-state index contributed by atoms with van der Waals surface area (Å²) in [6.07, 6.45) is 5.04. The number of imidazole rings is 1. The molecular formula is C12H21N3O. The van der Waals surface area contributed by atoms with Gasteiger partial charge in [0, 0.05) is 31.9 Å². The SMILES string of the molecule is CC(C)n1cncc1CNCC1CCOC1. The molecule has 0 saturated carbocycles. The quantitative estimate of drug-likeness (QED) is 0.824. The van der Waals surface area contributed by atoms with E-state index in [4.69, 9.17) is 4.74 Å². The Balaban J connectivity index is 1.78. The Morgan fingerprint density at radius 1 is 1.62 bits per heavy atom. The van der Waals surface area contributed by atoms with E-state index >= 15 is 0 Å². The number of nitrogens with one attached hydrogen (secondary N) is 1. The lowest BCUT2D eigenvalue weighted by molar-refractivity contribution is 0.185. The highest BCUT2D eigenvalue weighted by Gasteiger charge is 2.15. The second-order valence-electron chi connectivity index (χ2n) is 4.75. The Morgan fingerprint density at radius 2 is 2.50 bits per heavy atom. The Morgan fingerprint density at radius 3 is 3.19 bits per heavy atom. The van der Waals surface area contributed by atoms with Crippen LogP contribution in [0, 0.1) is 5.92 Å². The van der Waals surface area contributed by atoms with Crippen molar-refractivity contribution in [2.45, 2.75) is 32.9 Å². The van der Waals surface area contributed by atoms with E-state index in [2.05, 4.69) is 28.7 Å². The van der Waals surface area contributed by atoms with Crippen LogP contribution in [0.15, 0.2) is 12.5 Å². The van der Waals surface area contributed by atoms with E-state index in [0.717, 1.165) is 26.3 Å². The van der Waals surface area contributed by atoms with Gasteiger partial charge in [-0.2, -0.15) is 0 Å². The molecule has 1 unspecified atom stereocenters. The van der Waals surface area contributed by atoms with Crippen LogP contribution in [0.5, 0.6) is 0 Å². The lowest BCUT2D eigenvalue weighted by Gasteiger charge is -2.13. The van der Waals surface area contributed by atoms with E-state index in [1.807, 2.05) is 12.5 Å². The van der Waals surface area contributed by atoms with Gasteiger partial charge < -0.3 is 14.6 Å². The number of rotatable bonds is 5. The highest BCUT2D eigenvalue weighted by atomic mass is 16.5. The largest absolute Gasteiger partial charge is 0.381 e. The molecule has 1 aromatic heterocycles. The molecule has 0 aliphatic carbocycles. The van der Waals surface area contributed by atoms with Crippen LogP contribution >= 0.6 is 0 Å². The smallest absolute Gasteiger partial charge is 0.0951 e. The molecule has 1 saturated heterocycles. The summed E-state index contributed by atoms with van der Waals surface area (Å²) in [5, 5.41) is 3.48. The highest BCUT2D eigenvalue weighted by Crippen LogP contribution is 2.12. The minimum atomic E-state index is 0.481.